The molecule has 0 amide bonds. The van der Waals surface area contributed by atoms with E-state index in [9.17, 15) is 0 Å². The van der Waals surface area contributed by atoms with Crippen LogP contribution in [0.5, 0.6) is 0 Å². The molecular weight excluding hydrogens is 186 g/mol. The lowest BCUT2D eigenvalue weighted by Gasteiger charge is -2.16. The molecule has 0 saturated heterocycles. The van der Waals surface area contributed by atoms with Gasteiger partial charge in [0.25, 0.3) is 0 Å². The van der Waals surface area contributed by atoms with Crippen LogP contribution in [0.25, 0.3) is 0 Å². The zero-order chi connectivity index (χ0) is 11.3. The molecule has 3 heteroatoms. The molecule has 0 radical (unpaired) electrons. The van der Waals surface area contributed by atoms with Crippen molar-refractivity contribution >= 4 is 0 Å². The summed E-state index contributed by atoms with van der Waals surface area (Å²) in [4.78, 5) is 4.16. The van der Waals surface area contributed by atoms with Crippen LogP contribution < -0.4 is 11.3 Å². The summed E-state index contributed by atoms with van der Waals surface area (Å²) in [5, 5.41) is 0. The molecule has 1 rings (SSSR count). The van der Waals surface area contributed by atoms with Gasteiger partial charge in [-0.05, 0) is 37.8 Å². The predicted octanol–water partition coefficient (Wildman–Crippen LogP) is 2.25. The summed E-state index contributed by atoms with van der Waals surface area (Å²) >= 11 is 0. The molecule has 1 atom stereocenters. The van der Waals surface area contributed by atoms with Gasteiger partial charge in [0, 0.05) is 18.4 Å². The first-order chi connectivity index (χ1) is 7.13. The molecule has 1 aromatic rings. The molecule has 0 aliphatic rings. The van der Waals surface area contributed by atoms with Gasteiger partial charge in [0.1, 0.15) is 0 Å². The molecule has 1 heterocycles. The van der Waals surface area contributed by atoms with E-state index >= 15 is 0 Å². The van der Waals surface area contributed by atoms with Gasteiger partial charge >= 0.3 is 0 Å². The zero-order valence-corrected chi connectivity index (χ0v) is 9.46. The van der Waals surface area contributed by atoms with E-state index in [0.29, 0.717) is 0 Å². The first-order valence-corrected chi connectivity index (χ1v) is 5.15. The summed E-state index contributed by atoms with van der Waals surface area (Å²) in [5.41, 5.74) is 6.29. The van der Waals surface area contributed by atoms with Gasteiger partial charge in [-0.3, -0.25) is 16.3 Å². The lowest BCUT2D eigenvalue weighted by molar-refractivity contribution is 0.514. The highest BCUT2D eigenvalue weighted by Crippen LogP contribution is 2.19. The largest absolute Gasteiger partial charge is 0.271 e. The second kappa shape index (κ2) is 5.63. The normalized spacial score (nSPS) is 12.5. The van der Waals surface area contributed by atoms with Gasteiger partial charge in [0.05, 0.1) is 0 Å². The predicted molar refractivity (Wildman–Crippen MR) is 63.1 cm³/mol. The minimum atomic E-state index is 0.161. The molecule has 1 aromatic heterocycles. The monoisotopic (exact) mass is 205 g/mol. The quantitative estimate of drug-likeness (QED) is 0.440. The average molecular weight is 205 g/mol. The summed E-state index contributed by atoms with van der Waals surface area (Å²) in [6.45, 7) is 7.95. The van der Waals surface area contributed by atoms with Crippen LogP contribution in [0.4, 0.5) is 0 Å². The third-order valence-electron chi connectivity index (χ3n) is 2.36. The molecular formula is C12H19N3. The fourth-order valence-electron chi connectivity index (χ4n) is 1.51. The first kappa shape index (κ1) is 11.9. The number of aromatic nitrogens is 1. The highest BCUT2D eigenvalue weighted by Gasteiger charge is 2.09. The average Bonchev–Trinajstić information content (AvgIpc) is 2.18. The van der Waals surface area contributed by atoms with E-state index in [0.717, 1.165) is 24.0 Å². The summed E-state index contributed by atoms with van der Waals surface area (Å²) in [6.07, 6.45) is 5.63. The molecule has 3 N–H and O–H groups in total. The second-order valence-electron chi connectivity index (χ2n) is 4.01. The highest BCUT2D eigenvalue weighted by molar-refractivity contribution is 5.20. The van der Waals surface area contributed by atoms with Crippen molar-refractivity contribution < 1.29 is 0 Å². The number of hydrogen-bond acceptors (Lipinski definition) is 3. The van der Waals surface area contributed by atoms with Crippen molar-refractivity contribution in [3.8, 4) is 0 Å². The number of pyridine rings is 1. The van der Waals surface area contributed by atoms with Crippen molar-refractivity contribution in [2.75, 3.05) is 0 Å². The van der Waals surface area contributed by atoms with Crippen molar-refractivity contribution in [3.05, 3.63) is 41.7 Å². The molecule has 0 fully saturated rings. The van der Waals surface area contributed by atoms with E-state index < -0.39 is 0 Å². The first-order valence-electron chi connectivity index (χ1n) is 5.15. The Morgan fingerprint density at radius 2 is 2.33 bits per heavy atom. The van der Waals surface area contributed by atoms with Crippen molar-refractivity contribution in [1.82, 2.24) is 10.4 Å². The van der Waals surface area contributed by atoms with Crippen molar-refractivity contribution in [2.24, 2.45) is 5.84 Å². The van der Waals surface area contributed by atoms with Crippen molar-refractivity contribution in [3.63, 3.8) is 0 Å². The third-order valence-corrected chi connectivity index (χ3v) is 2.36. The van der Waals surface area contributed by atoms with Crippen LogP contribution >= 0.6 is 0 Å². The summed E-state index contributed by atoms with van der Waals surface area (Å²) < 4.78 is 0. The number of nitrogens with one attached hydrogen (secondary N) is 1. The Hall–Kier alpha value is -1.19. The molecule has 0 spiro atoms. The van der Waals surface area contributed by atoms with E-state index in [2.05, 4.69) is 23.1 Å². The van der Waals surface area contributed by atoms with E-state index in [1.807, 2.05) is 26.2 Å². The van der Waals surface area contributed by atoms with Crippen LogP contribution in [-0.4, -0.2) is 4.98 Å². The molecule has 1 unspecified atom stereocenters. The topological polar surface area (TPSA) is 50.9 Å². The summed E-state index contributed by atoms with van der Waals surface area (Å²) in [7, 11) is 0. The minimum absolute atomic E-state index is 0.161. The number of hydrogen-bond donors (Lipinski definition) is 2. The Balaban J connectivity index is 2.69. The van der Waals surface area contributed by atoms with Gasteiger partial charge in [-0.2, -0.15) is 0 Å². The number of nitrogens with zero attached hydrogens (tertiary/aromatic N) is 1. The van der Waals surface area contributed by atoms with Gasteiger partial charge in [0.15, 0.2) is 0 Å². The lowest BCUT2D eigenvalue weighted by atomic mass is 10.0. The van der Waals surface area contributed by atoms with Gasteiger partial charge in [-0.25, -0.2) is 0 Å². The van der Waals surface area contributed by atoms with Crippen LogP contribution in [-0.2, 0) is 0 Å². The number of allylic oxidation sites excluding steroid dienone is 1. The Bertz CT molecular complexity index is 333. The maximum atomic E-state index is 5.53. The number of hydrazine groups is 1. The van der Waals surface area contributed by atoms with Crippen LogP contribution in [0.1, 0.15) is 36.9 Å². The molecule has 0 aliphatic carbocycles. The van der Waals surface area contributed by atoms with Crippen LogP contribution in [0.3, 0.4) is 0 Å². The van der Waals surface area contributed by atoms with Crippen LogP contribution in [0, 0.1) is 6.92 Å². The number of rotatable bonds is 5. The molecule has 0 aromatic carbocycles. The van der Waals surface area contributed by atoms with Gasteiger partial charge in [0.2, 0.25) is 0 Å². The van der Waals surface area contributed by atoms with Gasteiger partial charge in [-0.15, -0.1) is 6.58 Å². The maximum absolute atomic E-state index is 5.53. The molecule has 0 aliphatic heterocycles. The minimum Gasteiger partial charge on any atom is -0.271 e. The van der Waals surface area contributed by atoms with Crippen LogP contribution in [0.2, 0.25) is 0 Å². The lowest BCUT2D eigenvalue weighted by Crippen LogP contribution is -2.28. The van der Waals surface area contributed by atoms with E-state index in [1.165, 1.54) is 5.57 Å². The molecule has 15 heavy (non-hydrogen) atoms. The molecule has 3 nitrogen and oxygen atoms in total. The smallest absolute Gasteiger partial charge is 0.0478 e. The second-order valence-corrected chi connectivity index (χ2v) is 4.01. The summed E-state index contributed by atoms with van der Waals surface area (Å²) in [6, 6.07) is 2.27. The van der Waals surface area contributed by atoms with Gasteiger partial charge < -0.3 is 0 Å². The standard InChI is InChI=1S/C12H19N3/c1-9(2)4-5-12(15-13)11-6-10(3)7-14-8-11/h6-8,12,15H,1,4-5,13H2,2-3H3. The van der Waals surface area contributed by atoms with E-state index in [1.54, 1.807) is 0 Å². The van der Waals surface area contributed by atoms with Crippen molar-refractivity contribution in [1.29, 1.82) is 0 Å². The van der Waals surface area contributed by atoms with Gasteiger partial charge in [-0.1, -0.05) is 11.6 Å². The van der Waals surface area contributed by atoms with E-state index in [4.69, 9.17) is 5.84 Å². The Labute approximate surface area is 91.4 Å². The molecule has 0 saturated carbocycles. The number of aryl methyl sites for hydroxylation is 1. The van der Waals surface area contributed by atoms with Crippen LogP contribution in [0.15, 0.2) is 30.6 Å². The Morgan fingerprint density at radius 1 is 1.60 bits per heavy atom. The van der Waals surface area contributed by atoms with Crippen molar-refractivity contribution in [2.45, 2.75) is 32.7 Å². The fourth-order valence-corrected chi connectivity index (χ4v) is 1.51. The Kier molecular flexibility index (Phi) is 4.46. The van der Waals surface area contributed by atoms with E-state index in [-0.39, 0.29) is 6.04 Å². The maximum Gasteiger partial charge on any atom is 0.0478 e. The fraction of sp³-hybridized carbons (Fsp3) is 0.417. The number of nitrogens with two attached hydrogens (primary N) is 1. The molecule has 82 valence electrons. The third kappa shape index (κ3) is 3.81. The summed E-state index contributed by atoms with van der Waals surface area (Å²) in [5.74, 6) is 5.53. The molecule has 0 bridgehead atoms. The highest BCUT2D eigenvalue weighted by atomic mass is 15.2. The zero-order valence-electron chi connectivity index (χ0n) is 9.46. The SMILES string of the molecule is C=C(C)CCC(NN)c1cncc(C)c1. The Morgan fingerprint density at radius 3 is 2.87 bits per heavy atom.